The Kier molecular flexibility index (Phi) is 5.85. The number of ether oxygens (including phenoxy) is 1. The van der Waals surface area contributed by atoms with Gasteiger partial charge in [0, 0.05) is 13.2 Å². The van der Waals surface area contributed by atoms with Crippen LogP contribution in [0.1, 0.15) is 41.5 Å². The Bertz CT molecular complexity index is 342. The highest BCUT2D eigenvalue weighted by atomic mass is 28.4. The maximum atomic E-state index is 6.45. The summed E-state index contributed by atoms with van der Waals surface area (Å²) in [5, 5.41) is 0.498. The molecule has 1 aliphatic rings. The fraction of sp³-hybridized carbons (Fsp3) is 1.00. The van der Waals surface area contributed by atoms with Crippen LogP contribution in [0.4, 0.5) is 0 Å². The van der Waals surface area contributed by atoms with Crippen LogP contribution < -0.4 is 0 Å². The monoisotopic (exact) mass is 346 g/mol. The van der Waals surface area contributed by atoms with Crippen molar-refractivity contribution in [1.29, 1.82) is 0 Å². The topological polar surface area (TPSA) is 27.7 Å². The van der Waals surface area contributed by atoms with Gasteiger partial charge in [-0.15, -0.1) is 0 Å². The SMILES string of the molecule is CC(C)(C)[Si](C)(C)OCC1(CO[Si](C)(C)C(C)(C)C)COC1. The minimum Gasteiger partial charge on any atom is -0.416 e. The van der Waals surface area contributed by atoms with Crippen molar-refractivity contribution in [2.75, 3.05) is 26.4 Å². The summed E-state index contributed by atoms with van der Waals surface area (Å²) < 4.78 is 18.4. The molecule has 0 aromatic rings. The molecule has 1 saturated heterocycles. The molecule has 3 nitrogen and oxygen atoms in total. The Morgan fingerprint density at radius 1 is 0.773 bits per heavy atom. The lowest BCUT2D eigenvalue weighted by Crippen LogP contribution is -2.55. The first-order valence-electron chi connectivity index (χ1n) is 8.48. The lowest BCUT2D eigenvalue weighted by Gasteiger charge is -2.47. The Labute approximate surface area is 140 Å². The number of hydrogen-bond acceptors (Lipinski definition) is 3. The van der Waals surface area contributed by atoms with E-state index in [-0.39, 0.29) is 15.5 Å². The minimum atomic E-state index is -1.71. The van der Waals surface area contributed by atoms with E-state index in [1.807, 2.05) is 0 Å². The molecule has 132 valence electrons. The summed E-state index contributed by atoms with van der Waals surface area (Å²) >= 11 is 0. The van der Waals surface area contributed by atoms with Crippen molar-refractivity contribution in [3.05, 3.63) is 0 Å². The number of rotatable bonds is 6. The van der Waals surface area contributed by atoms with Crippen LogP contribution in [-0.2, 0) is 13.6 Å². The van der Waals surface area contributed by atoms with Gasteiger partial charge >= 0.3 is 0 Å². The van der Waals surface area contributed by atoms with E-state index in [0.717, 1.165) is 26.4 Å². The summed E-state index contributed by atoms with van der Waals surface area (Å²) in [6.45, 7) is 26.1. The van der Waals surface area contributed by atoms with Crippen LogP contribution in [-0.4, -0.2) is 43.1 Å². The van der Waals surface area contributed by atoms with Crippen LogP contribution in [0.25, 0.3) is 0 Å². The molecule has 0 aromatic carbocycles. The van der Waals surface area contributed by atoms with Crippen molar-refractivity contribution in [2.24, 2.45) is 5.41 Å². The lowest BCUT2D eigenvalue weighted by molar-refractivity contribution is -0.152. The third-order valence-electron chi connectivity index (χ3n) is 5.91. The van der Waals surface area contributed by atoms with Crippen LogP contribution in [0.15, 0.2) is 0 Å². The fourth-order valence-electron chi connectivity index (χ4n) is 1.70. The molecule has 0 aromatic heterocycles. The van der Waals surface area contributed by atoms with E-state index in [1.54, 1.807) is 0 Å². The lowest BCUT2D eigenvalue weighted by atomic mass is 9.88. The second kappa shape index (κ2) is 6.32. The Balaban J connectivity index is 2.64. The van der Waals surface area contributed by atoms with Crippen LogP contribution >= 0.6 is 0 Å². The molecule has 0 bridgehead atoms. The Hall–Kier alpha value is 0.314. The van der Waals surface area contributed by atoms with Crippen LogP contribution in [0.5, 0.6) is 0 Å². The van der Waals surface area contributed by atoms with Gasteiger partial charge in [0.2, 0.25) is 0 Å². The van der Waals surface area contributed by atoms with Crippen molar-refractivity contribution in [3.63, 3.8) is 0 Å². The van der Waals surface area contributed by atoms with Gasteiger partial charge in [-0.1, -0.05) is 41.5 Å². The zero-order chi connectivity index (χ0) is 17.4. The zero-order valence-corrected chi connectivity index (χ0v) is 18.6. The van der Waals surface area contributed by atoms with Crippen LogP contribution in [0, 0.1) is 5.41 Å². The third kappa shape index (κ3) is 4.66. The molecule has 1 fully saturated rings. The highest BCUT2D eigenvalue weighted by molar-refractivity contribution is 6.74. The average molecular weight is 347 g/mol. The smallest absolute Gasteiger partial charge is 0.192 e. The molecular formula is C17H38O3Si2. The molecule has 1 heterocycles. The molecule has 0 spiro atoms. The largest absolute Gasteiger partial charge is 0.416 e. The first-order valence-corrected chi connectivity index (χ1v) is 14.3. The maximum absolute atomic E-state index is 6.45. The normalized spacial score (nSPS) is 19.9. The van der Waals surface area contributed by atoms with Gasteiger partial charge in [0.1, 0.15) is 0 Å². The quantitative estimate of drug-likeness (QED) is 0.630. The van der Waals surface area contributed by atoms with Crippen LogP contribution in [0.2, 0.25) is 36.3 Å². The molecule has 0 radical (unpaired) electrons. The molecule has 22 heavy (non-hydrogen) atoms. The van der Waals surface area contributed by atoms with Gasteiger partial charge < -0.3 is 13.6 Å². The first kappa shape index (κ1) is 20.4. The van der Waals surface area contributed by atoms with Crippen molar-refractivity contribution in [3.8, 4) is 0 Å². The van der Waals surface area contributed by atoms with Gasteiger partial charge in [-0.05, 0) is 36.3 Å². The zero-order valence-electron chi connectivity index (χ0n) is 16.6. The van der Waals surface area contributed by atoms with Gasteiger partial charge in [-0.25, -0.2) is 0 Å². The summed E-state index contributed by atoms with van der Waals surface area (Å²) in [4.78, 5) is 0. The van der Waals surface area contributed by atoms with Crippen LogP contribution in [0.3, 0.4) is 0 Å². The van der Waals surface area contributed by atoms with E-state index < -0.39 is 16.6 Å². The molecule has 0 atom stereocenters. The average Bonchev–Trinajstić information content (AvgIpc) is 2.23. The summed E-state index contributed by atoms with van der Waals surface area (Å²) in [5.41, 5.74) is 0.0744. The first-order chi connectivity index (χ1) is 9.62. The van der Waals surface area contributed by atoms with E-state index in [1.165, 1.54) is 0 Å². The molecule has 1 rings (SSSR count). The fourth-order valence-corrected chi connectivity index (χ4v) is 3.90. The Morgan fingerprint density at radius 3 is 1.27 bits per heavy atom. The molecule has 1 aliphatic heterocycles. The van der Waals surface area contributed by atoms with Gasteiger partial charge in [0.25, 0.3) is 0 Å². The van der Waals surface area contributed by atoms with Crippen molar-refractivity contribution < 1.29 is 13.6 Å². The maximum Gasteiger partial charge on any atom is 0.192 e. The molecule has 0 aliphatic carbocycles. The van der Waals surface area contributed by atoms with Crippen molar-refractivity contribution >= 4 is 16.6 Å². The van der Waals surface area contributed by atoms with E-state index >= 15 is 0 Å². The summed E-state index contributed by atoms with van der Waals surface area (Å²) in [5.74, 6) is 0. The van der Waals surface area contributed by atoms with Crippen molar-refractivity contribution in [1.82, 2.24) is 0 Å². The van der Waals surface area contributed by atoms with E-state index in [4.69, 9.17) is 13.6 Å². The van der Waals surface area contributed by atoms with Gasteiger partial charge in [0.15, 0.2) is 16.6 Å². The van der Waals surface area contributed by atoms with Gasteiger partial charge in [-0.3, -0.25) is 0 Å². The molecule has 0 saturated carbocycles. The van der Waals surface area contributed by atoms with Gasteiger partial charge in [-0.2, -0.15) is 0 Å². The Morgan fingerprint density at radius 2 is 1.09 bits per heavy atom. The number of hydrogen-bond donors (Lipinski definition) is 0. The highest BCUT2D eigenvalue weighted by Gasteiger charge is 2.46. The highest BCUT2D eigenvalue weighted by Crippen LogP contribution is 2.41. The summed E-state index contributed by atoms with van der Waals surface area (Å²) in [6, 6.07) is 0. The van der Waals surface area contributed by atoms with Gasteiger partial charge in [0.05, 0.1) is 18.6 Å². The second-order valence-electron chi connectivity index (χ2n) is 10.1. The molecule has 5 heteroatoms. The third-order valence-corrected chi connectivity index (χ3v) is 14.9. The van der Waals surface area contributed by atoms with E-state index in [9.17, 15) is 0 Å². The predicted molar refractivity (Wildman–Crippen MR) is 99.6 cm³/mol. The molecule has 0 N–H and O–H groups in total. The minimum absolute atomic E-state index is 0.0744. The van der Waals surface area contributed by atoms with Crippen molar-refractivity contribution in [2.45, 2.75) is 77.8 Å². The molecule has 0 unspecified atom stereocenters. The summed E-state index contributed by atoms with van der Waals surface area (Å²) in [6.07, 6.45) is 0. The second-order valence-corrected chi connectivity index (χ2v) is 19.7. The van der Waals surface area contributed by atoms with E-state index in [0.29, 0.717) is 0 Å². The van der Waals surface area contributed by atoms with E-state index in [2.05, 4.69) is 67.7 Å². The summed E-state index contributed by atoms with van der Waals surface area (Å²) in [7, 11) is -3.42. The molecular weight excluding hydrogens is 308 g/mol. The molecule has 0 amide bonds. The standard InChI is InChI=1S/C17H38O3Si2/c1-15(2,3)21(7,8)19-13-17(11-18-12-17)14-20-22(9,10)16(4,5)6/h11-14H2,1-10H3. The predicted octanol–water partition coefficient (Wildman–Crippen LogP) is 5.05.